The molecular formula is C17H17F3N4O3S. The molecule has 1 unspecified atom stereocenters. The maximum Gasteiger partial charge on any atom is 0.417 e. The summed E-state index contributed by atoms with van der Waals surface area (Å²) >= 11 is 0. The van der Waals surface area contributed by atoms with Crippen molar-refractivity contribution in [2.45, 2.75) is 23.5 Å². The van der Waals surface area contributed by atoms with E-state index >= 15 is 0 Å². The Bertz CT molecular complexity index is 981. The van der Waals surface area contributed by atoms with Gasteiger partial charge in [-0.05, 0) is 36.8 Å². The Balaban J connectivity index is 1.75. The van der Waals surface area contributed by atoms with E-state index < -0.39 is 26.7 Å². The number of nitrogens with zero attached hydrogens (tertiary/aromatic N) is 2. The first-order chi connectivity index (χ1) is 13.1. The standard InChI is InChI=1S/C17H17F3N4O3S/c18-17(19,20)13-9-11(4-5-15(13)28(21,26)27)23-12-6-8-24(10-12)16(25)14-3-1-2-7-22-14/h1-5,7,9,12,23H,6,8,10H2,(H2,21,26,27). The number of nitrogens with two attached hydrogens (primary N) is 1. The maximum atomic E-state index is 13.2. The Morgan fingerprint density at radius 3 is 2.61 bits per heavy atom. The van der Waals surface area contributed by atoms with Gasteiger partial charge in [0.05, 0.1) is 10.5 Å². The van der Waals surface area contributed by atoms with Gasteiger partial charge in [0.15, 0.2) is 0 Å². The number of hydrogen-bond acceptors (Lipinski definition) is 5. The van der Waals surface area contributed by atoms with Gasteiger partial charge in [-0.25, -0.2) is 13.6 Å². The minimum Gasteiger partial charge on any atom is -0.380 e. The van der Waals surface area contributed by atoms with Gasteiger partial charge in [-0.1, -0.05) is 6.07 Å². The van der Waals surface area contributed by atoms with E-state index in [0.717, 1.165) is 6.07 Å². The molecule has 11 heteroatoms. The molecule has 1 saturated heterocycles. The quantitative estimate of drug-likeness (QED) is 0.797. The first kappa shape index (κ1) is 20.1. The number of benzene rings is 1. The summed E-state index contributed by atoms with van der Waals surface area (Å²) in [6.07, 6.45) is -2.85. The predicted octanol–water partition coefficient (Wildman–Crippen LogP) is 2.07. The molecule has 3 N–H and O–H groups in total. The van der Waals surface area contributed by atoms with E-state index in [1.54, 1.807) is 23.1 Å². The zero-order valence-corrected chi connectivity index (χ0v) is 15.3. The van der Waals surface area contributed by atoms with E-state index in [1.807, 2.05) is 0 Å². The number of likely N-dealkylation sites (tertiary alicyclic amines) is 1. The SMILES string of the molecule is NS(=O)(=O)c1ccc(NC2CCN(C(=O)c3ccccn3)C2)cc1C(F)(F)F. The number of halogens is 3. The molecule has 0 radical (unpaired) electrons. The van der Waals surface area contributed by atoms with Crippen LogP contribution in [0.15, 0.2) is 47.5 Å². The fourth-order valence-electron chi connectivity index (χ4n) is 3.04. The number of sulfonamides is 1. The predicted molar refractivity (Wildman–Crippen MR) is 95.0 cm³/mol. The summed E-state index contributed by atoms with van der Waals surface area (Å²) < 4.78 is 62.5. The molecule has 0 aliphatic carbocycles. The summed E-state index contributed by atoms with van der Waals surface area (Å²) in [7, 11) is -4.52. The Hall–Kier alpha value is -2.66. The Kier molecular flexibility index (Phi) is 5.31. The first-order valence-corrected chi connectivity index (χ1v) is 9.81. The van der Waals surface area contributed by atoms with Crippen molar-refractivity contribution in [3.05, 3.63) is 53.9 Å². The normalized spacial score (nSPS) is 17.6. The van der Waals surface area contributed by atoms with Crippen molar-refractivity contribution >= 4 is 21.6 Å². The highest BCUT2D eigenvalue weighted by atomic mass is 32.2. The van der Waals surface area contributed by atoms with Crippen molar-refractivity contribution < 1.29 is 26.4 Å². The number of carbonyl (C=O) groups excluding carboxylic acids is 1. The summed E-state index contributed by atoms with van der Waals surface area (Å²) in [5.74, 6) is -0.259. The van der Waals surface area contributed by atoms with Gasteiger partial charge in [0.1, 0.15) is 5.69 Å². The van der Waals surface area contributed by atoms with Crippen molar-refractivity contribution in [3.8, 4) is 0 Å². The summed E-state index contributed by atoms with van der Waals surface area (Å²) in [6, 6.07) is 7.44. The number of anilines is 1. The van der Waals surface area contributed by atoms with Crippen LogP contribution in [0.2, 0.25) is 0 Å². The number of amides is 1. The number of rotatable bonds is 4. The largest absolute Gasteiger partial charge is 0.417 e. The molecule has 2 aromatic rings. The Morgan fingerprint density at radius 2 is 2.00 bits per heavy atom. The fourth-order valence-corrected chi connectivity index (χ4v) is 3.78. The molecule has 7 nitrogen and oxygen atoms in total. The highest BCUT2D eigenvalue weighted by Gasteiger charge is 2.37. The minimum atomic E-state index is -4.88. The second kappa shape index (κ2) is 7.40. The second-order valence-corrected chi connectivity index (χ2v) is 7.88. The van der Waals surface area contributed by atoms with Crippen LogP contribution in [0, 0.1) is 0 Å². The lowest BCUT2D eigenvalue weighted by Crippen LogP contribution is -2.32. The highest BCUT2D eigenvalue weighted by molar-refractivity contribution is 7.89. The molecule has 1 aromatic heterocycles. The molecule has 150 valence electrons. The number of primary sulfonamides is 1. The van der Waals surface area contributed by atoms with E-state index in [0.29, 0.717) is 24.7 Å². The lowest BCUT2D eigenvalue weighted by molar-refractivity contribution is -0.139. The topological polar surface area (TPSA) is 105 Å². The molecule has 0 saturated carbocycles. The number of pyridine rings is 1. The van der Waals surface area contributed by atoms with E-state index in [9.17, 15) is 26.4 Å². The number of aromatic nitrogens is 1. The Morgan fingerprint density at radius 1 is 1.25 bits per heavy atom. The van der Waals surface area contributed by atoms with Gasteiger partial charge >= 0.3 is 6.18 Å². The third-order valence-electron chi connectivity index (χ3n) is 4.32. The van der Waals surface area contributed by atoms with Crippen molar-refractivity contribution in [1.29, 1.82) is 0 Å². The Labute approximate surface area is 159 Å². The van der Waals surface area contributed by atoms with Gasteiger partial charge in [0.25, 0.3) is 5.91 Å². The smallest absolute Gasteiger partial charge is 0.380 e. The summed E-state index contributed by atoms with van der Waals surface area (Å²) in [5, 5.41) is 7.79. The maximum absolute atomic E-state index is 13.2. The summed E-state index contributed by atoms with van der Waals surface area (Å²) in [5.41, 5.74) is -0.948. The van der Waals surface area contributed by atoms with E-state index in [1.165, 1.54) is 12.3 Å². The third kappa shape index (κ3) is 4.42. The third-order valence-corrected chi connectivity index (χ3v) is 5.29. The van der Waals surface area contributed by atoms with Crippen molar-refractivity contribution in [2.75, 3.05) is 18.4 Å². The number of carbonyl (C=O) groups is 1. The highest BCUT2D eigenvalue weighted by Crippen LogP contribution is 2.35. The fraction of sp³-hybridized carbons (Fsp3) is 0.294. The van der Waals surface area contributed by atoms with Crippen LogP contribution in [0.4, 0.5) is 18.9 Å². The number of hydrogen-bond donors (Lipinski definition) is 2. The molecule has 2 heterocycles. The summed E-state index contributed by atoms with van der Waals surface area (Å²) in [4.78, 5) is 17.0. The van der Waals surface area contributed by atoms with Crippen LogP contribution in [0.3, 0.4) is 0 Å². The lowest BCUT2D eigenvalue weighted by atomic mass is 10.1. The number of nitrogens with one attached hydrogen (secondary N) is 1. The molecule has 1 aromatic carbocycles. The molecule has 1 aliphatic heterocycles. The van der Waals surface area contributed by atoms with Crippen molar-refractivity contribution in [3.63, 3.8) is 0 Å². The molecule has 1 fully saturated rings. The van der Waals surface area contributed by atoms with E-state index in [2.05, 4.69) is 10.3 Å². The van der Waals surface area contributed by atoms with Gasteiger partial charge in [-0.15, -0.1) is 0 Å². The molecule has 28 heavy (non-hydrogen) atoms. The van der Waals surface area contributed by atoms with Gasteiger partial charge in [0.2, 0.25) is 10.0 Å². The second-order valence-electron chi connectivity index (χ2n) is 6.35. The van der Waals surface area contributed by atoms with Gasteiger partial charge in [-0.3, -0.25) is 9.78 Å². The molecule has 3 rings (SSSR count). The van der Waals surface area contributed by atoms with Crippen LogP contribution < -0.4 is 10.5 Å². The summed E-state index contributed by atoms with van der Waals surface area (Å²) in [6.45, 7) is 0.710. The zero-order chi connectivity index (χ0) is 20.5. The molecule has 1 aliphatic rings. The zero-order valence-electron chi connectivity index (χ0n) is 14.5. The average molecular weight is 414 g/mol. The molecule has 0 bridgehead atoms. The minimum absolute atomic E-state index is 0.0943. The van der Waals surface area contributed by atoms with Crippen LogP contribution in [0.25, 0.3) is 0 Å². The van der Waals surface area contributed by atoms with Crippen LogP contribution in [-0.2, 0) is 16.2 Å². The van der Waals surface area contributed by atoms with E-state index in [-0.39, 0.29) is 24.2 Å². The van der Waals surface area contributed by atoms with Gasteiger partial charge in [-0.2, -0.15) is 13.2 Å². The van der Waals surface area contributed by atoms with E-state index in [4.69, 9.17) is 5.14 Å². The molecule has 1 amide bonds. The molecule has 1 atom stereocenters. The molecular weight excluding hydrogens is 397 g/mol. The van der Waals surface area contributed by atoms with Crippen molar-refractivity contribution in [1.82, 2.24) is 9.88 Å². The number of alkyl halides is 3. The van der Waals surface area contributed by atoms with Crippen LogP contribution in [0.1, 0.15) is 22.5 Å². The van der Waals surface area contributed by atoms with Crippen molar-refractivity contribution in [2.24, 2.45) is 5.14 Å². The van der Waals surface area contributed by atoms with Gasteiger partial charge in [0, 0.05) is 31.0 Å². The van der Waals surface area contributed by atoms with Crippen LogP contribution in [-0.4, -0.2) is 43.3 Å². The average Bonchev–Trinajstić information content (AvgIpc) is 3.08. The van der Waals surface area contributed by atoms with Crippen LogP contribution in [0.5, 0.6) is 0 Å². The lowest BCUT2D eigenvalue weighted by Gasteiger charge is -2.19. The van der Waals surface area contributed by atoms with Gasteiger partial charge < -0.3 is 10.2 Å². The molecule has 0 spiro atoms. The monoisotopic (exact) mass is 414 g/mol. The first-order valence-electron chi connectivity index (χ1n) is 8.26. The van der Waals surface area contributed by atoms with Crippen LogP contribution >= 0.6 is 0 Å².